The van der Waals surface area contributed by atoms with Crippen LogP contribution in [0.5, 0.6) is 0 Å². The molecule has 0 spiro atoms. The average Bonchev–Trinajstić information content (AvgIpc) is 2.43. The van der Waals surface area contributed by atoms with Gasteiger partial charge in [0.15, 0.2) is 0 Å². The van der Waals surface area contributed by atoms with Gasteiger partial charge in [-0.2, -0.15) is 0 Å². The Bertz CT molecular complexity index is 416. The van der Waals surface area contributed by atoms with Gasteiger partial charge in [-0.15, -0.1) is 0 Å². The summed E-state index contributed by atoms with van der Waals surface area (Å²) in [4.78, 5) is 22.1. The van der Waals surface area contributed by atoms with Crippen LogP contribution in [0.15, 0.2) is 24.3 Å². The number of carbonyl (C=O) groups is 2. The molecule has 1 aromatic carbocycles. The van der Waals surface area contributed by atoms with Crippen LogP contribution < -0.4 is 0 Å². The molecule has 5 heteroatoms. The Labute approximate surface area is 111 Å². The first-order valence-electron chi connectivity index (χ1n) is 5.92. The van der Waals surface area contributed by atoms with Crippen molar-refractivity contribution in [1.29, 1.82) is 0 Å². The summed E-state index contributed by atoms with van der Waals surface area (Å²) in [5, 5.41) is 0. The molecule has 0 radical (unpaired) electrons. The highest BCUT2D eigenvalue weighted by Crippen LogP contribution is 2.26. The molecular weight excluding hydrogens is 251 g/mol. The van der Waals surface area contributed by atoms with Crippen molar-refractivity contribution in [3.63, 3.8) is 0 Å². The van der Waals surface area contributed by atoms with Crippen molar-refractivity contribution in [2.45, 2.75) is 18.9 Å². The molecule has 19 heavy (non-hydrogen) atoms. The number of rotatable bonds is 7. The van der Waals surface area contributed by atoms with E-state index in [9.17, 15) is 14.0 Å². The fourth-order valence-electron chi connectivity index (χ4n) is 1.88. The third kappa shape index (κ3) is 4.44. The minimum Gasteiger partial charge on any atom is -0.469 e. The van der Waals surface area contributed by atoms with E-state index in [0.29, 0.717) is 12.7 Å². The van der Waals surface area contributed by atoms with Crippen LogP contribution >= 0.6 is 0 Å². The topological polar surface area (TPSA) is 52.6 Å². The van der Waals surface area contributed by atoms with E-state index in [1.165, 1.54) is 26.4 Å². The number of methoxy groups -OCH3 is 2. The summed E-state index contributed by atoms with van der Waals surface area (Å²) in [6, 6.07) is 5.85. The standard InChI is InChI=1S/C14H17FO4/c1-18-13(10-3-5-12(15)6-4-10)9-11(7-8-16)14(17)19-2/h3-6,8,11,13H,7,9H2,1-2H3/t11-,13-/m1/s1. The number of halogens is 1. The number of hydrogen-bond acceptors (Lipinski definition) is 4. The number of benzene rings is 1. The Balaban J connectivity index is 2.81. The molecule has 0 saturated heterocycles. The Morgan fingerprint density at radius 2 is 1.95 bits per heavy atom. The molecule has 0 N–H and O–H groups in total. The van der Waals surface area contributed by atoms with E-state index in [1.54, 1.807) is 12.1 Å². The summed E-state index contributed by atoms with van der Waals surface area (Å²) in [5.74, 6) is -1.34. The molecule has 0 heterocycles. The molecule has 104 valence electrons. The number of esters is 1. The molecule has 1 aromatic rings. The summed E-state index contributed by atoms with van der Waals surface area (Å²) < 4.78 is 22.8. The van der Waals surface area contributed by atoms with Crippen LogP contribution in [0.3, 0.4) is 0 Å². The minimum absolute atomic E-state index is 0.0771. The zero-order valence-electron chi connectivity index (χ0n) is 11.0. The van der Waals surface area contributed by atoms with Gasteiger partial charge in [-0.1, -0.05) is 12.1 Å². The zero-order chi connectivity index (χ0) is 14.3. The predicted molar refractivity (Wildman–Crippen MR) is 67.0 cm³/mol. The van der Waals surface area contributed by atoms with Crippen molar-refractivity contribution >= 4 is 12.3 Å². The maximum Gasteiger partial charge on any atom is 0.309 e. The monoisotopic (exact) mass is 268 g/mol. The zero-order valence-corrected chi connectivity index (χ0v) is 11.0. The van der Waals surface area contributed by atoms with Gasteiger partial charge >= 0.3 is 5.97 Å². The van der Waals surface area contributed by atoms with E-state index in [-0.39, 0.29) is 18.3 Å². The first kappa shape index (κ1) is 15.3. The Morgan fingerprint density at radius 1 is 1.32 bits per heavy atom. The molecule has 0 fully saturated rings. The van der Waals surface area contributed by atoms with Gasteiger partial charge in [0, 0.05) is 13.5 Å². The molecule has 0 aromatic heterocycles. The van der Waals surface area contributed by atoms with E-state index in [0.717, 1.165) is 5.56 Å². The second-order valence-electron chi connectivity index (χ2n) is 4.13. The third-order valence-electron chi connectivity index (χ3n) is 2.94. The average molecular weight is 268 g/mol. The molecule has 2 atom stereocenters. The van der Waals surface area contributed by atoms with Gasteiger partial charge in [-0.3, -0.25) is 4.79 Å². The molecule has 4 nitrogen and oxygen atoms in total. The molecular formula is C14H17FO4. The summed E-state index contributed by atoms with van der Waals surface area (Å²) in [6.45, 7) is 0. The van der Waals surface area contributed by atoms with Gasteiger partial charge < -0.3 is 14.3 Å². The van der Waals surface area contributed by atoms with Crippen molar-refractivity contribution in [3.8, 4) is 0 Å². The highest BCUT2D eigenvalue weighted by atomic mass is 19.1. The van der Waals surface area contributed by atoms with Gasteiger partial charge in [-0.25, -0.2) is 4.39 Å². The summed E-state index contributed by atoms with van der Waals surface area (Å²) >= 11 is 0. The lowest BCUT2D eigenvalue weighted by molar-refractivity contribution is -0.147. The van der Waals surface area contributed by atoms with E-state index in [1.807, 2.05) is 0 Å². The van der Waals surface area contributed by atoms with Crippen LogP contribution in [0.1, 0.15) is 24.5 Å². The molecule has 0 aliphatic rings. The highest BCUT2D eigenvalue weighted by molar-refractivity contribution is 5.75. The number of carbonyl (C=O) groups excluding carboxylic acids is 2. The molecule has 0 unspecified atom stereocenters. The maximum atomic E-state index is 12.9. The fraction of sp³-hybridized carbons (Fsp3) is 0.429. The van der Waals surface area contributed by atoms with Crippen molar-refractivity contribution in [1.82, 2.24) is 0 Å². The molecule has 1 rings (SSSR count). The highest BCUT2D eigenvalue weighted by Gasteiger charge is 2.24. The van der Waals surface area contributed by atoms with Crippen molar-refractivity contribution in [2.24, 2.45) is 5.92 Å². The first-order valence-corrected chi connectivity index (χ1v) is 5.92. The van der Waals surface area contributed by atoms with Gasteiger partial charge in [0.2, 0.25) is 0 Å². The van der Waals surface area contributed by atoms with Crippen LogP contribution in [0.2, 0.25) is 0 Å². The third-order valence-corrected chi connectivity index (χ3v) is 2.94. The molecule has 0 aliphatic carbocycles. The van der Waals surface area contributed by atoms with Crippen LogP contribution in [0.4, 0.5) is 4.39 Å². The number of ether oxygens (including phenoxy) is 2. The van der Waals surface area contributed by atoms with E-state index in [4.69, 9.17) is 4.74 Å². The van der Waals surface area contributed by atoms with Crippen LogP contribution in [-0.4, -0.2) is 26.5 Å². The largest absolute Gasteiger partial charge is 0.469 e. The first-order chi connectivity index (χ1) is 9.12. The van der Waals surface area contributed by atoms with Gasteiger partial charge in [0.1, 0.15) is 12.1 Å². The maximum absolute atomic E-state index is 12.9. The molecule has 0 bridgehead atoms. The Kier molecular flexibility index (Phi) is 6.15. The van der Waals surface area contributed by atoms with Gasteiger partial charge in [-0.05, 0) is 24.1 Å². The SMILES string of the molecule is COC(=O)[C@H](CC=O)C[C@@H](OC)c1ccc(F)cc1. The van der Waals surface area contributed by atoms with Crippen LogP contribution in [-0.2, 0) is 19.1 Å². The normalized spacial score (nSPS) is 13.6. The second kappa shape index (κ2) is 7.63. The van der Waals surface area contributed by atoms with Crippen molar-refractivity contribution < 1.29 is 23.5 Å². The lowest BCUT2D eigenvalue weighted by Gasteiger charge is -2.20. The van der Waals surface area contributed by atoms with Crippen molar-refractivity contribution in [2.75, 3.05) is 14.2 Å². The summed E-state index contributed by atoms with van der Waals surface area (Å²) in [6.07, 6.45) is 0.685. The predicted octanol–water partition coefficient (Wildman–Crippen LogP) is 2.28. The Hall–Kier alpha value is -1.75. The van der Waals surface area contributed by atoms with Crippen LogP contribution in [0, 0.1) is 11.7 Å². The number of hydrogen-bond donors (Lipinski definition) is 0. The van der Waals surface area contributed by atoms with Crippen molar-refractivity contribution in [3.05, 3.63) is 35.6 Å². The fourth-order valence-corrected chi connectivity index (χ4v) is 1.88. The van der Waals surface area contributed by atoms with Gasteiger partial charge in [0.25, 0.3) is 0 Å². The number of aldehydes is 1. The summed E-state index contributed by atoms with van der Waals surface area (Å²) in [5.41, 5.74) is 0.753. The minimum atomic E-state index is -0.558. The Morgan fingerprint density at radius 3 is 2.42 bits per heavy atom. The lowest BCUT2D eigenvalue weighted by Crippen LogP contribution is -2.20. The van der Waals surface area contributed by atoms with Crippen LogP contribution in [0.25, 0.3) is 0 Å². The lowest BCUT2D eigenvalue weighted by atomic mass is 9.94. The summed E-state index contributed by atoms with van der Waals surface area (Å²) in [7, 11) is 2.78. The molecule has 0 saturated carbocycles. The van der Waals surface area contributed by atoms with E-state index >= 15 is 0 Å². The smallest absolute Gasteiger partial charge is 0.309 e. The van der Waals surface area contributed by atoms with E-state index < -0.39 is 11.9 Å². The molecule has 0 aliphatic heterocycles. The quantitative estimate of drug-likeness (QED) is 0.562. The molecule has 0 amide bonds. The van der Waals surface area contributed by atoms with E-state index in [2.05, 4.69) is 4.74 Å². The van der Waals surface area contributed by atoms with Gasteiger partial charge in [0.05, 0.1) is 19.1 Å². The second-order valence-corrected chi connectivity index (χ2v) is 4.13.